The van der Waals surface area contributed by atoms with E-state index in [9.17, 15) is 17.6 Å². The molecule has 1 aliphatic rings. The molecule has 0 saturated heterocycles. The quantitative estimate of drug-likeness (QED) is 0.281. The Morgan fingerprint density at radius 2 is 1.71 bits per heavy atom. The maximum absolute atomic E-state index is 13.7. The molecule has 2 aromatic carbocycles. The smallest absolute Gasteiger partial charge is 0.338 e. The Balaban J connectivity index is 0.00000274. The van der Waals surface area contributed by atoms with Crippen LogP contribution in [0.2, 0.25) is 0 Å². The van der Waals surface area contributed by atoms with E-state index in [2.05, 4.69) is 20.5 Å². The van der Waals surface area contributed by atoms with Gasteiger partial charge in [-0.25, -0.2) is 4.39 Å². The van der Waals surface area contributed by atoms with Gasteiger partial charge < -0.3 is 5.32 Å². The van der Waals surface area contributed by atoms with Crippen LogP contribution in [-0.4, -0.2) is 15.2 Å². The molecule has 1 fully saturated rings. The summed E-state index contributed by atoms with van der Waals surface area (Å²) in [6.45, 7) is 0. The molecule has 0 bridgehead atoms. The van der Waals surface area contributed by atoms with Crippen molar-refractivity contribution in [2.45, 2.75) is 44.2 Å². The fourth-order valence-electron chi connectivity index (χ4n) is 4.55. The van der Waals surface area contributed by atoms with Crippen molar-refractivity contribution in [3.8, 4) is 11.3 Å². The average molecular weight is 505 g/mol. The van der Waals surface area contributed by atoms with Crippen molar-refractivity contribution < 1.29 is 36.1 Å². The third-order valence-corrected chi connectivity index (χ3v) is 6.16. The molecule has 9 heteroatoms. The van der Waals surface area contributed by atoms with Crippen LogP contribution < -0.4 is 5.32 Å². The first-order valence-electron chi connectivity index (χ1n) is 11.0. The van der Waals surface area contributed by atoms with E-state index < -0.39 is 11.7 Å². The van der Waals surface area contributed by atoms with Gasteiger partial charge in [-0.15, -0.1) is 0 Å². The summed E-state index contributed by atoms with van der Waals surface area (Å²) in [6.07, 6.45) is 0.744. The number of hydrogen-bond donors (Lipinski definition) is 2. The van der Waals surface area contributed by atoms with Crippen molar-refractivity contribution in [1.29, 1.82) is 0 Å². The van der Waals surface area contributed by atoms with E-state index in [0.29, 0.717) is 22.4 Å². The Morgan fingerprint density at radius 3 is 2.47 bits per heavy atom. The van der Waals surface area contributed by atoms with Gasteiger partial charge in [-0.3, -0.25) is 10.1 Å². The second-order valence-corrected chi connectivity index (χ2v) is 8.43. The molecule has 1 saturated carbocycles. The number of aromatic amines is 1. The SMILES string of the molecule is Fc1ccc2c(Nc3cc(-c4ccccc4C(F)(F)F)nc(C4CCCCC4)c3)n[nH]c2c1.[V]. The van der Waals surface area contributed by atoms with Gasteiger partial charge >= 0.3 is 6.18 Å². The van der Waals surface area contributed by atoms with Crippen LogP contribution in [0.1, 0.15) is 49.3 Å². The van der Waals surface area contributed by atoms with Gasteiger partial charge in [0.15, 0.2) is 5.82 Å². The molecule has 2 heterocycles. The van der Waals surface area contributed by atoms with Crippen LogP contribution in [0, 0.1) is 5.82 Å². The molecule has 4 aromatic rings. The first-order valence-corrected chi connectivity index (χ1v) is 11.0. The second kappa shape index (κ2) is 9.80. The summed E-state index contributed by atoms with van der Waals surface area (Å²) in [6, 6.07) is 13.3. The van der Waals surface area contributed by atoms with Crippen molar-refractivity contribution in [2.75, 3.05) is 5.32 Å². The number of nitrogens with one attached hydrogen (secondary N) is 2. The van der Waals surface area contributed by atoms with Crippen molar-refractivity contribution in [3.63, 3.8) is 0 Å². The van der Waals surface area contributed by atoms with Crippen molar-refractivity contribution in [1.82, 2.24) is 15.2 Å². The predicted octanol–water partition coefficient (Wildman–Crippen LogP) is 7.57. The molecule has 4 nitrogen and oxygen atoms in total. The van der Waals surface area contributed by atoms with Gasteiger partial charge in [0, 0.05) is 46.8 Å². The van der Waals surface area contributed by atoms with Gasteiger partial charge in [0.25, 0.3) is 0 Å². The van der Waals surface area contributed by atoms with Gasteiger partial charge in [-0.05, 0) is 49.2 Å². The number of alkyl halides is 3. The number of halogens is 4. The predicted molar refractivity (Wildman–Crippen MR) is 120 cm³/mol. The fraction of sp³-hybridized carbons (Fsp3) is 0.280. The van der Waals surface area contributed by atoms with E-state index in [1.54, 1.807) is 18.2 Å². The standard InChI is InChI=1S/C25H22F4N4.V/c26-16-10-11-19-23(12-16)32-33-24(19)30-17-13-21(15-6-2-1-3-7-15)31-22(14-17)18-8-4-5-9-20(18)25(27,28)29;/h4-5,8-15H,1-3,6-7H2,(H2,30,31,32,33);. The molecule has 175 valence electrons. The molecule has 5 rings (SSSR count). The summed E-state index contributed by atoms with van der Waals surface area (Å²) < 4.78 is 54.7. The Bertz CT molecular complexity index is 1300. The second-order valence-electron chi connectivity index (χ2n) is 8.43. The first kappa shape index (κ1) is 24.3. The van der Waals surface area contributed by atoms with Crippen LogP contribution in [0.4, 0.5) is 29.1 Å². The number of pyridine rings is 1. The number of fused-ring (bicyclic) bond motifs is 1. The van der Waals surface area contributed by atoms with Crippen LogP contribution in [0.15, 0.2) is 54.6 Å². The van der Waals surface area contributed by atoms with Crippen molar-refractivity contribution in [3.05, 3.63) is 71.7 Å². The molecule has 0 atom stereocenters. The largest absolute Gasteiger partial charge is 0.417 e. The molecule has 2 aromatic heterocycles. The van der Waals surface area contributed by atoms with Gasteiger partial charge in [-0.2, -0.15) is 18.3 Å². The van der Waals surface area contributed by atoms with Gasteiger partial charge in [-0.1, -0.05) is 37.5 Å². The zero-order chi connectivity index (χ0) is 23.0. The molecule has 1 radical (unpaired) electrons. The zero-order valence-electron chi connectivity index (χ0n) is 18.2. The van der Waals surface area contributed by atoms with Gasteiger partial charge in [0.05, 0.1) is 16.8 Å². The summed E-state index contributed by atoms with van der Waals surface area (Å²) >= 11 is 0. The number of aromatic nitrogens is 3. The minimum atomic E-state index is -4.49. The fourth-order valence-corrected chi connectivity index (χ4v) is 4.55. The maximum atomic E-state index is 13.7. The van der Waals surface area contributed by atoms with E-state index in [4.69, 9.17) is 0 Å². The van der Waals surface area contributed by atoms with Gasteiger partial charge in [0.2, 0.25) is 0 Å². The zero-order valence-corrected chi connectivity index (χ0v) is 19.6. The summed E-state index contributed by atoms with van der Waals surface area (Å²) in [5.74, 6) is 0.287. The summed E-state index contributed by atoms with van der Waals surface area (Å²) in [5.41, 5.74) is 1.48. The number of nitrogens with zero attached hydrogens (tertiary/aromatic N) is 2. The Hall–Kier alpha value is -2.84. The molecule has 0 aliphatic heterocycles. The maximum Gasteiger partial charge on any atom is 0.417 e. The molecule has 34 heavy (non-hydrogen) atoms. The topological polar surface area (TPSA) is 53.6 Å². The van der Waals surface area contributed by atoms with Gasteiger partial charge in [0.1, 0.15) is 5.82 Å². The number of H-pyrrole nitrogens is 1. The van der Waals surface area contributed by atoms with Crippen LogP contribution >= 0.6 is 0 Å². The third-order valence-electron chi connectivity index (χ3n) is 6.16. The molecule has 1 aliphatic carbocycles. The van der Waals surface area contributed by atoms with Crippen LogP contribution in [0.5, 0.6) is 0 Å². The Labute approximate surface area is 206 Å². The minimum absolute atomic E-state index is 0. The average Bonchev–Trinajstić information content (AvgIpc) is 3.20. The molecular formula is C25H22F4N4V. The summed E-state index contributed by atoms with van der Waals surface area (Å²) in [5, 5.41) is 10.9. The first-order chi connectivity index (χ1) is 15.9. The Kier molecular flexibility index (Phi) is 7.00. The number of rotatable bonds is 4. The van der Waals surface area contributed by atoms with E-state index in [-0.39, 0.29) is 41.5 Å². The third kappa shape index (κ3) is 4.98. The van der Waals surface area contributed by atoms with E-state index in [0.717, 1.165) is 43.9 Å². The monoisotopic (exact) mass is 505 g/mol. The summed E-state index contributed by atoms with van der Waals surface area (Å²) in [7, 11) is 0. The molecule has 2 N–H and O–H groups in total. The van der Waals surface area contributed by atoms with Crippen LogP contribution in [0.25, 0.3) is 22.2 Å². The van der Waals surface area contributed by atoms with E-state index >= 15 is 0 Å². The minimum Gasteiger partial charge on any atom is -0.338 e. The normalized spacial score (nSPS) is 14.7. The molecule has 0 amide bonds. The molecule has 0 unspecified atom stereocenters. The van der Waals surface area contributed by atoms with Crippen LogP contribution in [-0.2, 0) is 24.7 Å². The number of hydrogen-bond acceptors (Lipinski definition) is 3. The number of anilines is 2. The van der Waals surface area contributed by atoms with Crippen molar-refractivity contribution >= 4 is 22.4 Å². The van der Waals surface area contributed by atoms with Crippen molar-refractivity contribution in [2.24, 2.45) is 0 Å². The molecular weight excluding hydrogens is 483 g/mol. The number of benzene rings is 2. The summed E-state index contributed by atoms with van der Waals surface area (Å²) in [4.78, 5) is 4.69. The molecule has 0 spiro atoms. The van der Waals surface area contributed by atoms with Crippen LogP contribution in [0.3, 0.4) is 0 Å². The van der Waals surface area contributed by atoms with E-state index in [1.807, 2.05) is 6.07 Å². The Morgan fingerprint density at radius 1 is 0.941 bits per heavy atom. The van der Waals surface area contributed by atoms with E-state index in [1.165, 1.54) is 24.3 Å².